The summed E-state index contributed by atoms with van der Waals surface area (Å²) >= 11 is 0. The first kappa shape index (κ1) is 19.9. The standard InChI is InChI=1S/C21H25FN4O2/c1-14(2)19-13-25(21(28)18-11-23-15(3)10-24-18)9-8-20(27)26(19)12-16-4-6-17(22)7-5-16/h4-7,10-11,14,19H,8-9,12-13H2,1-3H3. The SMILES string of the molecule is Cc1cnc(C(=O)N2CCC(=O)N(Cc3ccc(F)cc3)C(C(C)C)C2)cn1. The fourth-order valence-corrected chi connectivity index (χ4v) is 3.39. The van der Waals surface area contributed by atoms with E-state index in [1.165, 1.54) is 18.3 Å². The van der Waals surface area contributed by atoms with Gasteiger partial charge in [0, 0.05) is 32.3 Å². The summed E-state index contributed by atoms with van der Waals surface area (Å²) in [4.78, 5) is 37.6. The summed E-state index contributed by atoms with van der Waals surface area (Å²) in [6.45, 7) is 7.06. The summed E-state index contributed by atoms with van der Waals surface area (Å²) in [7, 11) is 0. The van der Waals surface area contributed by atoms with Gasteiger partial charge in [0.25, 0.3) is 5.91 Å². The van der Waals surface area contributed by atoms with E-state index in [9.17, 15) is 14.0 Å². The Morgan fingerprint density at radius 1 is 1.21 bits per heavy atom. The molecule has 0 N–H and O–H groups in total. The Balaban J connectivity index is 1.82. The van der Waals surface area contributed by atoms with Crippen molar-refractivity contribution in [1.29, 1.82) is 0 Å². The van der Waals surface area contributed by atoms with Crippen LogP contribution in [0.1, 0.15) is 42.0 Å². The number of carbonyl (C=O) groups is 2. The van der Waals surface area contributed by atoms with Crippen LogP contribution in [-0.4, -0.2) is 50.7 Å². The number of amides is 2. The Bertz CT molecular complexity index is 836. The average Bonchev–Trinajstić information content (AvgIpc) is 2.83. The van der Waals surface area contributed by atoms with E-state index in [4.69, 9.17) is 0 Å². The van der Waals surface area contributed by atoms with Gasteiger partial charge in [0.1, 0.15) is 11.5 Å². The largest absolute Gasteiger partial charge is 0.335 e. The minimum Gasteiger partial charge on any atom is -0.335 e. The molecule has 1 aliphatic heterocycles. The first-order valence-electron chi connectivity index (χ1n) is 9.47. The van der Waals surface area contributed by atoms with Gasteiger partial charge in [-0.3, -0.25) is 14.6 Å². The maximum Gasteiger partial charge on any atom is 0.274 e. The molecule has 0 spiro atoms. The Morgan fingerprint density at radius 2 is 1.93 bits per heavy atom. The molecule has 1 atom stereocenters. The third-order valence-corrected chi connectivity index (χ3v) is 5.05. The number of hydrogen-bond acceptors (Lipinski definition) is 4. The van der Waals surface area contributed by atoms with Crippen LogP contribution in [0.25, 0.3) is 0 Å². The Labute approximate surface area is 164 Å². The number of aromatic nitrogens is 2. The molecule has 148 valence electrons. The molecule has 28 heavy (non-hydrogen) atoms. The molecule has 6 nitrogen and oxygen atoms in total. The first-order chi connectivity index (χ1) is 13.3. The van der Waals surface area contributed by atoms with Gasteiger partial charge >= 0.3 is 0 Å². The number of nitrogens with zero attached hydrogens (tertiary/aromatic N) is 4. The summed E-state index contributed by atoms with van der Waals surface area (Å²) in [5, 5.41) is 0. The predicted octanol–water partition coefficient (Wildman–Crippen LogP) is 2.82. The van der Waals surface area contributed by atoms with Crippen molar-refractivity contribution in [3.8, 4) is 0 Å². The molecular formula is C21H25FN4O2. The molecular weight excluding hydrogens is 359 g/mol. The quantitative estimate of drug-likeness (QED) is 0.813. The molecule has 1 aromatic carbocycles. The normalized spacial score (nSPS) is 17.8. The highest BCUT2D eigenvalue weighted by Crippen LogP contribution is 2.22. The minimum absolute atomic E-state index is 0.00619. The Kier molecular flexibility index (Phi) is 6.02. The van der Waals surface area contributed by atoms with Crippen LogP contribution >= 0.6 is 0 Å². The van der Waals surface area contributed by atoms with Gasteiger partial charge in [-0.15, -0.1) is 0 Å². The highest BCUT2D eigenvalue weighted by Gasteiger charge is 2.34. The maximum absolute atomic E-state index is 13.2. The van der Waals surface area contributed by atoms with E-state index in [-0.39, 0.29) is 41.7 Å². The number of benzene rings is 1. The van der Waals surface area contributed by atoms with Gasteiger partial charge in [-0.05, 0) is 30.5 Å². The number of aryl methyl sites for hydroxylation is 1. The van der Waals surface area contributed by atoms with Crippen molar-refractivity contribution in [3.05, 3.63) is 59.4 Å². The van der Waals surface area contributed by atoms with E-state index in [1.54, 1.807) is 23.2 Å². The Hall–Kier alpha value is -2.83. The lowest BCUT2D eigenvalue weighted by Gasteiger charge is -2.34. The predicted molar refractivity (Wildman–Crippen MR) is 103 cm³/mol. The molecule has 7 heteroatoms. The second kappa shape index (κ2) is 8.46. The van der Waals surface area contributed by atoms with Crippen LogP contribution in [0.15, 0.2) is 36.7 Å². The van der Waals surface area contributed by atoms with Crippen molar-refractivity contribution >= 4 is 11.8 Å². The van der Waals surface area contributed by atoms with Gasteiger partial charge in [0.2, 0.25) is 5.91 Å². The van der Waals surface area contributed by atoms with Crippen molar-refractivity contribution in [2.24, 2.45) is 5.92 Å². The van der Waals surface area contributed by atoms with E-state index in [0.29, 0.717) is 19.6 Å². The second-order valence-corrected chi connectivity index (χ2v) is 7.50. The van der Waals surface area contributed by atoms with E-state index in [2.05, 4.69) is 9.97 Å². The van der Waals surface area contributed by atoms with Crippen molar-refractivity contribution in [3.63, 3.8) is 0 Å². The van der Waals surface area contributed by atoms with Gasteiger partial charge in [0.05, 0.1) is 17.9 Å². The fraction of sp³-hybridized carbons (Fsp3) is 0.429. The van der Waals surface area contributed by atoms with Crippen LogP contribution in [0.5, 0.6) is 0 Å². The molecule has 1 saturated heterocycles. The molecule has 2 heterocycles. The van der Waals surface area contributed by atoms with Crippen molar-refractivity contribution in [2.45, 2.75) is 39.8 Å². The van der Waals surface area contributed by atoms with Gasteiger partial charge in [-0.25, -0.2) is 9.37 Å². The summed E-state index contributed by atoms with van der Waals surface area (Å²) < 4.78 is 13.2. The second-order valence-electron chi connectivity index (χ2n) is 7.50. The minimum atomic E-state index is -0.303. The molecule has 0 radical (unpaired) electrons. The van der Waals surface area contributed by atoms with Crippen molar-refractivity contribution in [1.82, 2.24) is 19.8 Å². The molecule has 1 unspecified atom stereocenters. The van der Waals surface area contributed by atoms with Gasteiger partial charge in [-0.2, -0.15) is 0 Å². The van der Waals surface area contributed by atoms with E-state index in [0.717, 1.165) is 11.3 Å². The highest BCUT2D eigenvalue weighted by molar-refractivity contribution is 5.92. The molecule has 1 fully saturated rings. The highest BCUT2D eigenvalue weighted by atomic mass is 19.1. The van der Waals surface area contributed by atoms with Gasteiger partial charge in [0.15, 0.2) is 0 Å². The molecule has 1 aliphatic rings. The third kappa shape index (κ3) is 4.52. The van der Waals surface area contributed by atoms with Gasteiger partial charge < -0.3 is 9.80 Å². The molecule has 2 amide bonds. The lowest BCUT2D eigenvalue weighted by molar-refractivity contribution is -0.134. The van der Waals surface area contributed by atoms with Crippen molar-refractivity contribution < 1.29 is 14.0 Å². The third-order valence-electron chi connectivity index (χ3n) is 5.05. The number of halogens is 1. The number of hydrogen-bond donors (Lipinski definition) is 0. The van der Waals surface area contributed by atoms with E-state index < -0.39 is 0 Å². The zero-order valence-corrected chi connectivity index (χ0v) is 16.4. The maximum atomic E-state index is 13.2. The van der Waals surface area contributed by atoms with E-state index in [1.807, 2.05) is 25.7 Å². The molecule has 3 rings (SSSR count). The van der Waals surface area contributed by atoms with Crippen molar-refractivity contribution in [2.75, 3.05) is 13.1 Å². The lowest BCUT2D eigenvalue weighted by atomic mass is 10.0. The molecule has 0 saturated carbocycles. The lowest BCUT2D eigenvalue weighted by Crippen LogP contribution is -2.47. The van der Waals surface area contributed by atoms with Crippen LogP contribution < -0.4 is 0 Å². The Morgan fingerprint density at radius 3 is 2.54 bits per heavy atom. The summed E-state index contributed by atoms with van der Waals surface area (Å²) in [6, 6.07) is 6.04. The van der Waals surface area contributed by atoms with E-state index >= 15 is 0 Å². The first-order valence-corrected chi connectivity index (χ1v) is 9.47. The number of rotatable bonds is 4. The smallest absolute Gasteiger partial charge is 0.274 e. The molecule has 0 bridgehead atoms. The summed E-state index contributed by atoms with van der Waals surface area (Å²) in [6.07, 6.45) is 3.29. The van der Waals surface area contributed by atoms with Gasteiger partial charge in [-0.1, -0.05) is 26.0 Å². The topological polar surface area (TPSA) is 66.4 Å². The van der Waals surface area contributed by atoms with Crippen LogP contribution in [0, 0.1) is 18.7 Å². The molecule has 0 aliphatic carbocycles. The zero-order valence-electron chi connectivity index (χ0n) is 16.4. The average molecular weight is 384 g/mol. The number of carbonyl (C=O) groups excluding carboxylic acids is 2. The van der Waals surface area contributed by atoms with Crippen LogP contribution in [-0.2, 0) is 11.3 Å². The fourth-order valence-electron chi connectivity index (χ4n) is 3.39. The summed E-state index contributed by atoms with van der Waals surface area (Å²) in [5.41, 5.74) is 1.89. The van der Waals surface area contributed by atoms with Crippen LogP contribution in [0.3, 0.4) is 0 Å². The zero-order chi connectivity index (χ0) is 20.3. The molecule has 2 aromatic rings. The summed E-state index contributed by atoms with van der Waals surface area (Å²) in [5.74, 6) is -0.368. The monoisotopic (exact) mass is 384 g/mol. The van der Waals surface area contributed by atoms with Crippen LogP contribution in [0.2, 0.25) is 0 Å². The molecule has 1 aromatic heterocycles. The van der Waals surface area contributed by atoms with Crippen LogP contribution in [0.4, 0.5) is 4.39 Å².